The van der Waals surface area contributed by atoms with Crippen molar-refractivity contribution >= 4 is 24.0 Å². The van der Waals surface area contributed by atoms with Crippen LogP contribution in [0.15, 0.2) is 42.5 Å². The number of alkyl halides is 3. The van der Waals surface area contributed by atoms with E-state index in [2.05, 4.69) is 4.74 Å². The van der Waals surface area contributed by atoms with E-state index in [-0.39, 0.29) is 24.7 Å². The van der Waals surface area contributed by atoms with Crippen molar-refractivity contribution in [3.05, 3.63) is 53.1 Å². The topological polar surface area (TPSA) is 35.2 Å². The third-order valence-corrected chi connectivity index (χ3v) is 2.87. The van der Waals surface area contributed by atoms with Gasteiger partial charge in [-0.25, -0.2) is 0 Å². The summed E-state index contributed by atoms with van der Waals surface area (Å²) in [5.41, 5.74) is 7.37. The molecule has 2 aromatic carbocycles. The molecule has 0 fully saturated rings. The van der Waals surface area contributed by atoms with Crippen LogP contribution < -0.4 is 10.5 Å². The average molecular weight is 338 g/mol. The van der Waals surface area contributed by atoms with Crippen molar-refractivity contribution in [3.8, 4) is 16.9 Å². The molecule has 0 unspecified atom stereocenters. The number of rotatable bonds is 3. The van der Waals surface area contributed by atoms with Gasteiger partial charge in [0.1, 0.15) is 5.75 Å². The molecular formula is C14H12Cl2F3NO. The molecule has 0 amide bonds. The van der Waals surface area contributed by atoms with Crippen molar-refractivity contribution in [2.75, 3.05) is 0 Å². The fraction of sp³-hybridized carbons (Fsp3) is 0.143. The molecule has 2 aromatic rings. The summed E-state index contributed by atoms with van der Waals surface area (Å²) in [6, 6.07) is 11.1. The van der Waals surface area contributed by atoms with Crippen molar-refractivity contribution in [1.29, 1.82) is 0 Å². The first-order valence-electron chi connectivity index (χ1n) is 5.73. The van der Waals surface area contributed by atoms with Crippen LogP contribution in [0.3, 0.4) is 0 Å². The molecule has 0 spiro atoms. The van der Waals surface area contributed by atoms with Crippen molar-refractivity contribution in [2.45, 2.75) is 12.9 Å². The van der Waals surface area contributed by atoms with Crippen LogP contribution >= 0.6 is 24.0 Å². The summed E-state index contributed by atoms with van der Waals surface area (Å²) in [6.07, 6.45) is -4.73. The summed E-state index contributed by atoms with van der Waals surface area (Å²) >= 11 is 5.78. The Balaban J connectivity index is 0.00000220. The average Bonchev–Trinajstić information content (AvgIpc) is 2.37. The number of hydrogen-bond donors (Lipinski definition) is 1. The van der Waals surface area contributed by atoms with E-state index >= 15 is 0 Å². The Morgan fingerprint density at radius 2 is 1.62 bits per heavy atom. The standard InChI is InChI=1S/C14H11ClF3NO.ClH/c15-12-3-1-10(2-4-12)11-5-9(8-19)6-13(7-11)20-14(16,17)18;/h1-7H,8,19H2;1H. The molecule has 0 saturated heterocycles. The highest BCUT2D eigenvalue weighted by atomic mass is 35.5. The number of benzene rings is 2. The molecule has 2 nitrogen and oxygen atoms in total. The fourth-order valence-electron chi connectivity index (χ4n) is 1.78. The third kappa shape index (κ3) is 5.12. The number of halogens is 5. The molecule has 0 saturated carbocycles. The first-order chi connectivity index (χ1) is 9.37. The van der Waals surface area contributed by atoms with Crippen LogP contribution in [0, 0.1) is 0 Å². The van der Waals surface area contributed by atoms with Crippen molar-refractivity contribution in [1.82, 2.24) is 0 Å². The molecule has 2 N–H and O–H groups in total. The maximum absolute atomic E-state index is 12.3. The Labute approximate surface area is 131 Å². The van der Waals surface area contributed by atoms with Crippen LogP contribution in [0.4, 0.5) is 13.2 Å². The maximum Gasteiger partial charge on any atom is 0.573 e. The Morgan fingerprint density at radius 1 is 1.00 bits per heavy atom. The summed E-state index contributed by atoms with van der Waals surface area (Å²) in [4.78, 5) is 0. The van der Waals surface area contributed by atoms with Crippen molar-refractivity contribution in [3.63, 3.8) is 0 Å². The smallest absolute Gasteiger partial charge is 0.406 e. The highest BCUT2D eigenvalue weighted by Gasteiger charge is 2.31. The lowest BCUT2D eigenvalue weighted by atomic mass is 10.0. The second-order valence-corrected chi connectivity index (χ2v) is 4.56. The lowest BCUT2D eigenvalue weighted by Crippen LogP contribution is -2.17. The van der Waals surface area contributed by atoms with Gasteiger partial charge in [-0.1, -0.05) is 23.7 Å². The zero-order chi connectivity index (χ0) is 14.8. The highest BCUT2D eigenvalue weighted by Crippen LogP contribution is 2.30. The van der Waals surface area contributed by atoms with E-state index in [1.807, 2.05) is 0 Å². The molecule has 0 aliphatic heterocycles. The molecular weight excluding hydrogens is 326 g/mol. The van der Waals surface area contributed by atoms with E-state index in [1.165, 1.54) is 12.1 Å². The molecule has 7 heteroatoms. The second-order valence-electron chi connectivity index (χ2n) is 4.12. The summed E-state index contributed by atoms with van der Waals surface area (Å²) in [7, 11) is 0. The molecule has 0 aromatic heterocycles. The minimum absolute atomic E-state index is 0. The van der Waals surface area contributed by atoms with E-state index in [1.54, 1.807) is 30.3 Å². The summed E-state index contributed by atoms with van der Waals surface area (Å²) in [5, 5.41) is 0.551. The Kier molecular flexibility index (Phi) is 5.89. The number of hydrogen-bond acceptors (Lipinski definition) is 2. The minimum atomic E-state index is -4.73. The maximum atomic E-state index is 12.3. The minimum Gasteiger partial charge on any atom is -0.406 e. The Hall–Kier alpha value is -1.43. The van der Waals surface area contributed by atoms with Crippen LogP contribution in [0.2, 0.25) is 5.02 Å². The van der Waals surface area contributed by atoms with E-state index in [4.69, 9.17) is 17.3 Å². The Bertz CT molecular complexity index is 600. The number of ether oxygens (including phenoxy) is 1. The molecule has 114 valence electrons. The first-order valence-corrected chi connectivity index (χ1v) is 6.11. The van der Waals surface area contributed by atoms with Crippen molar-refractivity contribution < 1.29 is 17.9 Å². The lowest BCUT2D eigenvalue weighted by Gasteiger charge is -2.12. The predicted molar refractivity (Wildman–Crippen MR) is 78.7 cm³/mol. The predicted octanol–water partition coefficient (Wildman–Crippen LogP) is 4.79. The zero-order valence-corrected chi connectivity index (χ0v) is 12.2. The van der Waals surface area contributed by atoms with Gasteiger partial charge in [0.25, 0.3) is 0 Å². The largest absolute Gasteiger partial charge is 0.573 e. The first kappa shape index (κ1) is 17.6. The quantitative estimate of drug-likeness (QED) is 0.874. The molecule has 0 atom stereocenters. The molecule has 0 aliphatic rings. The summed E-state index contributed by atoms with van der Waals surface area (Å²) in [6.45, 7) is 0.121. The van der Waals surface area contributed by atoms with E-state index in [9.17, 15) is 13.2 Å². The normalized spacial score (nSPS) is 10.9. The molecule has 0 heterocycles. The molecule has 0 bridgehead atoms. The van der Waals surface area contributed by atoms with Crippen molar-refractivity contribution in [2.24, 2.45) is 5.73 Å². The Morgan fingerprint density at radius 3 is 2.14 bits per heavy atom. The van der Waals surface area contributed by atoms with Gasteiger partial charge in [-0.15, -0.1) is 25.6 Å². The van der Waals surface area contributed by atoms with Crippen LogP contribution in [0.5, 0.6) is 5.75 Å². The van der Waals surface area contributed by atoms with Gasteiger partial charge >= 0.3 is 6.36 Å². The van der Waals surface area contributed by atoms with E-state index in [0.29, 0.717) is 16.1 Å². The fourth-order valence-corrected chi connectivity index (χ4v) is 1.91. The van der Waals surface area contributed by atoms with Gasteiger partial charge in [0, 0.05) is 11.6 Å². The van der Waals surface area contributed by atoms with Crippen LogP contribution in [0.1, 0.15) is 5.56 Å². The highest BCUT2D eigenvalue weighted by molar-refractivity contribution is 6.30. The molecule has 2 rings (SSSR count). The zero-order valence-electron chi connectivity index (χ0n) is 10.7. The number of nitrogens with two attached hydrogens (primary N) is 1. The summed E-state index contributed by atoms with van der Waals surface area (Å²) in [5.74, 6) is -0.287. The monoisotopic (exact) mass is 337 g/mol. The van der Waals surface area contributed by atoms with Gasteiger partial charge in [0.15, 0.2) is 0 Å². The van der Waals surface area contributed by atoms with Gasteiger partial charge in [0.2, 0.25) is 0 Å². The van der Waals surface area contributed by atoms with Gasteiger partial charge in [-0.05, 0) is 47.0 Å². The van der Waals surface area contributed by atoms with Crippen LogP contribution in [-0.2, 0) is 6.54 Å². The SMILES string of the molecule is Cl.NCc1cc(OC(F)(F)F)cc(-c2ccc(Cl)cc2)c1. The van der Waals surface area contributed by atoms with Gasteiger partial charge in [-0.2, -0.15) is 0 Å². The van der Waals surface area contributed by atoms with Gasteiger partial charge in [0.05, 0.1) is 0 Å². The van der Waals surface area contributed by atoms with Gasteiger partial charge < -0.3 is 10.5 Å². The van der Waals surface area contributed by atoms with Crippen LogP contribution in [-0.4, -0.2) is 6.36 Å². The second kappa shape index (κ2) is 7.02. The van der Waals surface area contributed by atoms with E-state index in [0.717, 1.165) is 5.56 Å². The summed E-state index contributed by atoms with van der Waals surface area (Å²) < 4.78 is 40.8. The third-order valence-electron chi connectivity index (χ3n) is 2.61. The molecule has 0 radical (unpaired) electrons. The van der Waals surface area contributed by atoms with Crippen LogP contribution in [0.25, 0.3) is 11.1 Å². The lowest BCUT2D eigenvalue weighted by molar-refractivity contribution is -0.274. The van der Waals surface area contributed by atoms with E-state index < -0.39 is 6.36 Å². The van der Waals surface area contributed by atoms with Gasteiger partial charge in [-0.3, -0.25) is 0 Å². The molecule has 0 aliphatic carbocycles. The molecule has 21 heavy (non-hydrogen) atoms.